The first-order valence-electron chi connectivity index (χ1n) is 12.6. The number of nitrogens with one attached hydrogen (secondary N) is 1. The lowest BCUT2D eigenvalue weighted by molar-refractivity contribution is -0.124. The first kappa shape index (κ1) is 25.4. The normalized spacial score (nSPS) is 29.8. The third-order valence-corrected chi connectivity index (χ3v) is 7.74. The van der Waals surface area contributed by atoms with Gasteiger partial charge >= 0.3 is 0 Å². The lowest BCUT2D eigenvalue weighted by Gasteiger charge is -2.43. The van der Waals surface area contributed by atoms with Crippen LogP contribution in [-0.2, 0) is 9.53 Å². The first-order chi connectivity index (χ1) is 16.2. The average Bonchev–Trinajstić information content (AvgIpc) is 3.09. The number of rotatable bonds is 6. The van der Waals surface area contributed by atoms with Gasteiger partial charge in [0.05, 0.1) is 31.8 Å². The number of hydrogen-bond acceptors (Lipinski definition) is 6. The van der Waals surface area contributed by atoms with E-state index in [1.807, 2.05) is 0 Å². The fourth-order valence-electron chi connectivity index (χ4n) is 5.70. The predicted molar refractivity (Wildman–Crippen MR) is 128 cm³/mol. The molecule has 1 amide bonds. The number of ether oxygens (including phenoxy) is 2. The molecule has 1 aliphatic carbocycles. The number of halogens is 1. The molecule has 0 radical (unpaired) electrons. The van der Waals surface area contributed by atoms with Gasteiger partial charge < -0.3 is 19.9 Å². The van der Waals surface area contributed by atoms with Gasteiger partial charge in [-0.1, -0.05) is 32.9 Å². The van der Waals surface area contributed by atoms with Crippen LogP contribution in [0.15, 0.2) is 24.3 Å². The molecule has 7 nitrogen and oxygen atoms in total. The van der Waals surface area contributed by atoms with Gasteiger partial charge in [-0.25, -0.2) is 4.39 Å². The second-order valence-corrected chi connectivity index (χ2v) is 11.0. The summed E-state index contributed by atoms with van der Waals surface area (Å²) >= 11 is 0. The monoisotopic (exact) mass is 477 g/mol. The van der Waals surface area contributed by atoms with Crippen LogP contribution in [0, 0.1) is 17.2 Å². The number of morpholine rings is 1. The van der Waals surface area contributed by atoms with Crippen LogP contribution in [-0.4, -0.2) is 91.0 Å². The number of nitrogens with zero attached hydrogens (tertiary/aromatic N) is 2. The van der Waals surface area contributed by atoms with Crippen molar-refractivity contribution in [3.8, 4) is 5.75 Å². The number of amides is 1. The maximum absolute atomic E-state index is 14.2. The fraction of sp³-hybridized carbons (Fsp3) is 0.731. The van der Waals surface area contributed by atoms with Crippen LogP contribution in [0.3, 0.4) is 0 Å². The van der Waals surface area contributed by atoms with Gasteiger partial charge in [0.2, 0.25) is 5.91 Å². The lowest BCUT2D eigenvalue weighted by Crippen LogP contribution is -2.57. The zero-order valence-electron chi connectivity index (χ0n) is 20.7. The zero-order chi connectivity index (χ0) is 24.3. The molecule has 3 fully saturated rings. The zero-order valence-corrected chi connectivity index (χ0v) is 20.7. The predicted octanol–water partition coefficient (Wildman–Crippen LogP) is 2.28. The molecular weight excluding hydrogens is 437 g/mol. The molecule has 1 aromatic rings. The van der Waals surface area contributed by atoms with Crippen LogP contribution in [0.5, 0.6) is 5.75 Å². The third-order valence-electron chi connectivity index (χ3n) is 7.74. The van der Waals surface area contributed by atoms with Crippen molar-refractivity contribution in [1.82, 2.24) is 15.1 Å². The number of aliphatic hydroxyl groups is 1. The van der Waals surface area contributed by atoms with Crippen LogP contribution in [0.25, 0.3) is 0 Å². The molecule has 0 spiro atoms. The van der Waals surface area contributed by atoms with Crippen molar-refractivity contribution in [2.45, 2.75) is 64.3 Å². The summed E-state index contributed by atoms with van der Waals surface area (Å²) in [5, 5.41) is 14.5. The first-order valence-corrected chi connectivity index (χ1v) is 12.6. The summed E-state index contributed by atoms with van der Waals surface area (Å²) in [6, 6.07) is 5.75. The highest BCUT2D eigenvalue weighted by molar-refractivity contribution is 5.78. The van der Waals surface area contributed by atoms with Crippen molar-refractivity contribution >= 4 is 5.91 Å². The van der Waals surface area contributed by atoms with E-state index in [2.05, 4.69) is 35.9 Å². The van der Waals surface area contributed by atoms with Gasteiger partial charge in [0.15, 0.2) is 11.6 Å². The second-order valence-electron chi connectivity index (χ2n) is 11.0. The molecule has 0 unspecified atom stereocenters. The third kappa shape index (κ3) is 6.08. The van der Waals surface area contributed by atoms with E-state index in [0.717, 1.165) is 39.0 Å². The van der Waals surface area contributed by atoms with E-state index < -0.39 is 18.0 Å². The maximum atomic E-state index is 14.2. The minimum atomic E-state index is -0.820. The standard InChI is InChI=1S/C26H40FN3O4/c1-26(2,3)18-8-10-30(11-9-18)24-20(28-23(31)17-29-12-14-33-15-13-29)16-22(25(24)32)34-21-7-5-4-6-19(21)27/h4-7,18,20,22,24-25,32H,8-17H2,1-3H3,(H,28,31)/t20-,22-,24+,25+/m1/s1. The summed E-state index contributed by atoms with van der Waals surface area (Å²) in [4.78, 5) is 17.3. The minimum absolute atomic E-state index is 0.0554. The highest BCUT2D eigenvalue weighted by Gasteiger charge is 2.48. The Balaban J connectivity index is 1.45. The molecule has 8 heteroatoms. The molecule has 3 aliphatic rings. The van der Waals surface area contributed by atoms with E-state index in [1.165, 1.54) is 6.07 Å². The van der Waals surface area contributed by atoms with Gasteiger partial charge in [0.25, 0.3) is 0 Å². The molecule has 4 rings (SSSR count). The molecule has 34 heavy (non-hydrogen) atoms. The van der Waals surface area contributed by atoms with Crippen LogP contribution in [0.4, 0.5) is 4.39 Å². The van der Waals surface area contributed by atoms with Gasteiger partial charge in [-0.2, -0.15) is 0 Å². The highest BCUT2D eigenvalue weighted by atomic mass is 19.1. The number of para-hydroxylation sites is 1. The molecule has 2 N–H and O–H groups in total. The molecule has 0 aromatic heterocycles. The van der Waals surface area contributed by atoms with E-state index in [-0.39, 0.29) is 29.2 Å². The topological polar surface area (TPSA) is 74.3 Å². The van der Waals surface area contributed by atoms with Gasteiger partial charge in [-0.05, 0) is 49.4 Å². The summed E-state index contributed by atoms with van der Waals surface area (Å²) < 4.78 is 25.6. The lowest BCUT2D eigenvalue weighted by atomic mass is 9.75. The van der Waals surface area contributed by atoms with Crippen molar-refractivity contribution < 1.29 is 23.8 Å². The van der Waals surface area contributed by atoms with Gasteiger partial charge in [0.1, 0.15) is 12.2 Å². The molecule has 0 bridgehead atoms. The van der Waals surface area contributed by atoms with Crippen LogP contribution in [0.2, 0.25) is 0 Å². The molecule has 1 saturated carbocycles. The number of carbonyl (C=O) groups is 1. The van der Waals surface area contributed by atoms with Gasteiger partial charge in [0, 0.05) is 19.5 Å². The van der Waals surface area contributed by atoms with Crippen molar-refractivity contribution in [3.05, 3.63) is 30.1 Å². The quantitative estimate of drug-likeness (QED) is 0.655. The Morgan fingerprint density at radius 3 is 2.50 bits per heavy atom. The number of piperidine rings is 1. The number of carbonyl (C=O) groups excluding carboxylic acids is 1. The Bertz CT molecular complexity index is 819. The molecule has 2 aliphatic heterocycles. The molecule has 2 saturated heterocycles. The molecule has 190 valence electrons. The smallest absolute Gasteiger partial charge is 0.234 e. The Morgan fingerprint density at radius 2 is 1.85 bits per heavy atom. The Hall–Kier alpha value is -1.74. The van der Waals surface area contributed by atoms with Crippen LogP contribution in [0.1, 0.15) is 40.0 Å². The SMILES string of the molecule is CC(C)(C)C1CCN([C@@H]2[C@@H](O)[C@H](Oc3ccccc3F)C[C@H]2NC(=O)CN2CCOCC2)CC1. The van der Waals surface area contributed by atoms with E-state index in [1.54, 1.807) is 18.2 Å². The minimum Gasteiger partial charge on any atom is -0.485 e. The summed E-state index contributed by atoms with van der Waals surface area (Å²) in [6.45, 7) is 11.6. The number of benzene rings is 1. The van der Waals surface area contributed by atoms with Crippen molar-refractivity contribution in [1.29, 1.82) is 0 Å². The fourth-order valence-corrected chi connectivity index (χ4v) is 5.70. The van der Waals surface area contributed by atoms with E-state index >= 15 is 0 Å². The van der Waals surface area contributed by atoms with E-state index in [4.69, 9.17) is 9.47 Å². The summed E-state index contributed by atoms with van der Waals surface area (Å²) in [5.41, 5.74) is 0.253. The number of hydrogen-bond donors (Lipinski definition) is 2. The largest absolute Gasteiger partial charge is 0.485 e. The molecule has 1 aromatic carbocycles. The second kappa shape index (κ2) is 10.9. The summed E-state index contributed by atoms with van der Waals surface area (Å²) in [6.07, 6.45) is 1.14. The average molecular weight is 478 g/mol. The van der Waals surface area contributed by atoms with Gasteiger partial charge in [-0.3, -0.25) is 14.6 Å². The summed E-state index contributed by atoms with van der Waals surface area (Å²) in [5.74, 6) is 0.261. The van der Waals surface area contributed by atoms with Gasteiger partial charge in [-0.15, -0.1) is 0 Å². The Kier molecular flexibility index (Phi) is 8.12. The van der Waals surface area contributed by atoms with E-state index in [9.17, 15) is 14.3 Å². The maximum Gasteiger partial charge on any atom is 0.234 e. The Labute approximate surface area is 202 Å². The highest BCUT2D eigenvalue weighted by Crippen LogP contribution is 2.37. The van der Waals surface area contributed by atoms with Crippen molar-refractivity contribution in [2.75, 3.05) is 45.9 Å². The molecule has 4 atom stereocenters. The van der Waals surface area contributed by atoms with Crippen molar-refractivity contribution in [2.24, 2.45) is 11.3 Å². The van der Waals surface area contributed by atoms with Crippen LogP contribution < -0.4 is 10.1 Å². The van der Waals surface area contributed by atoms with E-state index in [0.29, 0.717) is 32.1 Å². The molecular formula is C26H40FN3O4. The summed E-state index contributed by atoms with van der Waals surface area (Å²) in [7, 11) is 0. The number of aliphatic hydroxyl groups excluding tert-OH is 1. The van der Waals surface area contributed by atoms with Crippen LogP contribution >= 0.6 is 0 Å². The van der Waals surface area contributed by atoms with Crippen molar-refractivity contribution in [3.63, 3.8) is 0 Å². The molecule has 2 heterocycles. The Morgan fingerprint density at radius 1 is 1.18 bits per heavy atom. The number of likely N-dealkylation sites (tertiary alicyclic amines) is 1.